The van der Waals surface area contributed by atoms with E-state index in [0.29, 0.717) is 10.8 Å². The summed E-state index contributed by atoms with van der Waals surface area (Å²) in [4.78, 5) is 0. The molecule has 0 amide bonds. The first kappa shape index (κ1) is 9.73. The first-order valence-electron chi connectivity index (χ1n) is 5.37. The molecule has 82 valence electrons. The van der Waals surface area contributed by atoms with Crippen LogP contribution in [0.15, 0.2) is 18.2 Å². The molecule has 3 rings (SSSR count). The van der Waals surface area contributed by atoms with E-state index in [2.05, 4.69) is 28.4 Å². The van der Waals surface area contributed by atoms with Crippen LogP contribution in [0.5, 0.6) is 0 Å². The highest BCUT2D eigenvalue weighted by atomic mass is 35.5. The third-order valence-electron chi connectivity index (χ3n) is 3.13. The van der Waals surface area contributed by atoms with Crippen LogP contribution < -0.4 is 5.73 Å². The van der Waals surface area contributed by atoms with Crippen molar-refractivity contribution < 1.29 is 0 Å². The third-order valence-corrected chi connectivity index (χ3v) is 3.42. The lowest BCUT2D eigenvalue weighted by molar-refractivity contribution is 0.912. The highest BCUT2D eigenvalue weighted by molar-refractivity contribution is 6.32. The SMILES string of the molecule is Nc1c(-c2ccc3c(c2)CCC3)n[nH]c1Cl. The van der Waals surface area contributed by atoms with Crippen LogP contribution in [0.25, 0.3) is 11.3 Å². The number of fused-ring (bicyclic) bond motifs is 1. The standard InChI is InChI=1S/C12H12ClN3/c13-12-10(14)11(15-16-12)9-5-4-7-2-1-3-8(7)6-9/h4-6H,1-3,14H2,(H,15,16). The van der Waals surface area contributed by atoms with Crippen molar-refractivity contribution in [2.75, 3.05) is 5.73 Å². The number of nitrogens with one attached hydrogen (secondary N) is 1. The number of H-pyrrole nitrogens is 1. The third kappa shape index (κ3) is 1.39. The van der Waals surface area contributed by atoms with Crippen molar-refractivity contribution >= 4 is 17.3 Å². The van der Waals surface area contributed by atoms with Crippen LogP contribution in [0, 0.1) is 0 Å². The quantitative estimate of drug-likeness (QED) is 0.796. The number of halogens is 1. The zero-order valence-electron chi connectivity index (χ0n) is 8.76. The van der Waals surface area contributed by atoms with Crippen molar-refractivity contribution in [1.29, 1.82) is 0 Å². The van der Waals surface area contributed by atoms with Gasteiger partial charge in [-0.25, -0.2) is 0 Å². The van der Waals surface area contributed by atoms with Crippen LogP contribution in [-0.4, -0.2) is 10.2 Å². The number of aromatic amines is 1. The molecule has 1 aromatic heterocycles. The molecular weight excluding hydrogens is 222 g/mol. The molecule has 1 heterocycles. The molecule has 0 spiro atoms. The largest absolute Gasteiger partial charge is 0.394 e. The van der Waals surface area contributed by atoms with Gasteiger partial charge in [0.1, 0.15) is 10.8 Å². The summed E-state index contributed by atoms with van der Waals surface area (Å²) in [5.41, 5.74) is 11.0. The lowest BCUT2D eigenvalue weighted by atomic mass is 10.0. The van der Waals surface area contributed by atoms with Crippen LogP contribution >= 0.6 is 11.6 Å². The summed E-state index contributed by atoms with van der Waals surface area (Å²) in [6.07, 6.45) is 3.59. The van der Waals surface area contributed by atoms with Crippen LogP contribution in [0.2, 0.25) is 5.15 Å². The molecule has 1 aliphatic carbocycles. The van der Waals surface area contributed by atoms with Gasteiger partial charge in [-0.15, -0.1) is 0 Å². The summed E-state index contributed by atoms with van der Waals surface area (Å²) >= 11 is 5.85. The minimum Gasteiger partial charge on any atom is -0.394 e. The summed E-state index contributed by atoms with van der Waals surface area (Å²) in [6, 6.07) is 6.40. The van der Waals surface area contributed by atoms with Crippen molar-refractivity contribution in [3.63, 3.8) is 0 Å². The zero-order chi connectivity index (χ0) is 11.1. The summed E-state index contributed by atoms with van der Waals surface area (Å²) in [7, 11) is 0. The fourth-order valence-electron chi connectivity index (χ4n) is 2.27. The van der Waals surface area contributed by atoms with Crippen LogP contribution in [-0.2, 0) is 12.8 Å². The highest BCUT2D eigenvalue weighted by Gasteiger charge is 2.15. The Morgan fingerprint density at radius 1 is 1.25 bits per heavy atom. The number of anilines is 1. The van der Waals surface area contributed by atoms with E-state index in [-0.39, 0.29) is 0 Å². The maximum atomic E-state index is 5.85. The second-order valence-corrected chi connectivity index (χ2v) is 4.51. The molecule has 0 atom stereocenters. The van der Waals surface area contributed by atoms with Gasteiger partial charge < -0.3 is 5.73 Å². The predicted octanol–water partition coefficient (Wildman–Crippen LogP) is 2.80. The van der Waals surface area contributed by atoms with Gasteiger partial charge in [0.05, 0.1) is 5.69 Å². The molecule has 3 nitrogen and oxygen atoms in total. The molecule has 0 bridgehead atoms. The fraction of sp³-hybridized carbons (Fsp3) is 0.250. The van der Waals surface area contributed by atoms with Crippen LogP contribution in [0.1, 0.15) is 17.5 Å². The number of benzene rings is 1. The number of nitrogen functional groups attached to an aromatic ring is 1. The average Bonchev–Trinajstić information content (AvgIpc) is 2.86. The highest BCUT2D eigenvalue weighted by Crippen LogP contribution is 2.32. The number of rotatable bonds is 1. The van der Waals surface area contributed by atoms with Gasteiger partial charge >= 0.3 is 0 Å². The Morgan fingerprint density at radius 2 is 2.06 bits per heavy atom. The van der Waals surface area contributed by atoms with Gasteiger partial charge in [0.2, 0.25) is 0 Å². The molecule has 0 fully saturated rings. The molecule has 0 saturated heterocycles. The molecule has 1 aromatic carbocycles. The molecule has 2 aromatic rings. The second-order valence-electron chi connectivity index (χ2n) is 4.14. The number of nitrogens with two attached hydrogens (primary N) is 1. The predicted molar refractivity (Wildman–Crippen MR) is 65.5 cm³/mol. The van der Waals surface area contributed by atoms with Gasteiger partial charge in [-0.1, -0.05) is 23.7 Å². The van der Waals surface area contributed by atoms with E-state index < -0.39 is 0 Å². The average molecular weight is 234 g/mol. The first-order chi connectivity index (χ1) is 7.75. The number of aryl methyl sites for hydroxylation is 2. The molecule has 0 aliphatic heterocycles. The number of hydrogen-bond acceptors (Lipinski definition) is 2. The fourth-order valence-corrected chi connectivity index (χ4v) is 2.40. The van der Waals surface area contributed by atoms with E-state index in [1.165, 1.54) is 24.0 Å². The molecular formula is C12H12ClN3. The first-order valence-corrected chi connectivity index (χ1v) is 5.75. The van der Waals surface area contributed by atoms with Crippen LogP contribution in [0.3, 0.4) is 0 Å². The van der Waals surface area contributed by atoms with E-state index in [0.717, 1.165) is 17.7 Å². The van der Waals surface area contributed by atoms with Crippen molar-refractivity contribution in [1.82, 2.24) is 10.2 Å². The molecule has 4 heteroatoms. The van der Waals surface area contributed by atoms with Gasteiger partial charge in [0.15, 0.2) is 0 Å². The number of nitrogens with zero attached hydrogens (tertiary/aromatic N) is 1. The minimum absolute atomic E-state index is 0.412. The van der Waals surface area contributed by atoms with Crippen molar-refractivity contribution in [2.24, 2.45) is 0 Å². The lowest BCUT2D eigenvalue weighted by Crippen LogP contribution is -1.89. The molecule has 0 unspecified atom stereocenters. The van der Waals surface area contributed by atoms with Crippen molar-refractivity contribution in [3.05, 3.63) is 34.5 Å². The Labute approximate surface area is 98.6 Å². The maximum Gasteiger partial charge on any atom is 0.148 e. The van der Waals surface area contributed by atoms with Crippen molar-refractivity contribution in [2.45, 2.75) is 19.3 Å². The second kappa shape index (κ2) is 3.52. The Morgan fingerprint density at radius 3 is 2.81 bits per heavy atom. The van der Waals surface area contributed by atoms with Gasteiger partial charge in [-0.05, 0) is 36.5 Å². The summed E-state index contributed by atoms with van der Waals surface area (Å²) < 4.78 is 0. The number of aromatic nitrogens is 2. The van der Waals surface area contributed by atoms with E-state index in [1.807, 2.05) is 0 Å². The van der Waals surface area contributed by atoms with Gasteiger partial charge in [0.25, 0.3) is 0 Å². The Balaban J connectivity index is 2.10. The van der Waals surface area contributed by atoms with Gasteiger partial charge in [-0.3, -0.25) is 5.10 Å². The summed E-state index contributed by atoms with van der Waals surface area (Å²) in [6.45, 7) is 0. The monoisotopic (exact) mass is 233 g/mol. The smallest absolute Gasteiger partial charge is 0.148 e. The van der Waals surface area contributed by atoms with E-state index >= 15 is 0 Å². The van der Waals surface area contributed by atoms with E-state index in [9.17, 15) is 0 Å². The van der Waals surface area contributed by atoms with Crippen LogP contribution in [0.4, 0.5) is 5.69 Å². The Hall–Kier alpha value is -1.48. The number of hydrogen-bond donors (Lipinski definition) is 2. The zero-order valence-corrected chi connectivity index (χ0v) is 9.51. The molecule has 1 aliphatic rings. The van der Waals surface area contributed by atoms with E-state index in [4.69, 9.17) is 17.3 Å². The van der Waals surface area contributed by atoms with Gasteiger partial charge in [0, 0.05) is 5.56 Å². The molecule has 0 saturated carbocycles. The topological polar surface area (TPSA) is 54.7 Å². The summed E-state index contributed by atoms with van der Waals surface area (Å²) in [5, 5.41) is 7.24. The molecule has 3 N–H and O–H groups in total. The maximum absolute atomic E-state index is 5.85. The van der Waals surface area contributed by atoms with Gasteiger partial charge in [-0.2, -0.15) is 5.10 Å². The Bertz CT molecular complexity index is 545. The molecule has 0 radical (unpaired) electrons. The van der Waals surface area contributed by atoms with Crippen molar-refractivity contribution in [3.8, 4) is 11.3 Å². The van der Waals surface area contributed by atoms with E-state index in [1.54, 1.807) is 0 Å². The molecule has 16 heavy (non-hydrogen) atoms. The lowest BCUT2D eigenvalue weighted by Gasteiger charge is -2.03. The normalized spacial score (nSPS) is 14.1. The summed E-state index contributed by atoms with van der Waals surface area (Å²) in [5.74, 6) is 0. The Kier molecular flexibility index (Phi) is 2.14. The minimum atomic E-state index is 0.412.